The maximum absolute atomic E-state index is 7.37. The van der Waals surface area contributed by atoms with Gasteiger partial charge in [0, 0.05) is 16.5 Å². The van der Waals surface area contributed by atoms with Crippen molar-refractivity contribution in [3.05, 3.63) is 52.8 Å². The maximum Gasteiger partial charge on any atom is 0.256 e. The van der Waals surface area contributed by atoms with Gasteiger partial charge < -0.3 is 14.0 Å². The molecule has 0 atom stereocenters. The quantitative estimate of drug-likeness (QED) is 0.310. The molecule has 3 aromatic rings. The minimum Gasteiger partial charge on any atom is -0.502 e. The molecule has 3 rings (SSSR count). The van der Waals surface area contributed by atoms with Crippen molar-refractivity contribution in [1.82, 2.24) is 10.1 Å². The first-order valence-electron chi connectivity index (χ1n) is 8.52. The van der Waals surface area contributed by atoms with E-state index in [1.54, 1.807) is 36.4 Å². The molecule has 6 nitrogen and oxygen atoms in total. The summed E-state index contributed by atoms with van der Waals surface area (Å²) in [6.07, 6.45) is -0.0232. The molecule has 1 heterocycles. The SMILES string of the molecule is [C-]#[N+]c1cc(-c2nc(-c3ccc(OCCBr)cc3Cl)no2)ccc1OC(C)C. The Balaban J connectivity index is 1.87. The lowest BCUT2D eigenvalue weighted by Gasteiger charge is -2.11. The molecule has 0 aliphatic carbocycles. The van der Waals surface area contributed by atoms with E-state index in [9.17, 15) is 0 Å². The zero-order valence-corrected chi connectivity index (χ0v) is 17.6. The van der Waals surface area contributed by atoms with Crippen LogP contribution in [0.5, 0.6) is 11.5 Å². The highest BCUT2D eigenvalue weighted by molar-refractivity contribution is 9.09. The molecule has 0 bridgehead atoms. The standard InChI is InChI=1S/C20H17BrClN3O3/c1-12(2)27-18-7-4-13(10-17(18)23-3)20-24-19(25-28-20)15-6-5-14(11-16(15)22)26-9-8-21/h4-7,10-12H,8-9H2,1-2H3. The Bertz CT molecular complexity index is 1010. The molecular formula is C20H17BrClN3O3. The van der Waals surface area contributed by atoms with Crippen LogP contribution in [0.3, 0.4) is 0 Å². The van der Waals surface area contributed by atoms with Crippen LogP contribution >= 0.6 is 27.5 Å². The third-order valence-corrected chi connectivity index (χ3v) is 4.28. The fourth-order valence-corrected chi connectivity index (χ4v) is 2.88. The van der Waals surface area contributed by atoms with E-state index >= 15 is 0 Å². The minimum absolute atomic E-state index is 0.0232. The fourth-order valence-electron chi connectivity index (χ4n) is 2.46. The number of nitrogens with zero attached hydrogens (tertiary/aromatic N) is 3. The second-order valence-corrected chi connectivity index (χ2v) is 7.26. The number of alkyl halides is 1. The number of rotatable bonds is 7. The lowest BCUT2D eigenvalue weighted by molar-refractivity contribution is 0.244. The lowest BCUT2D eigenvalue weighted by atomic mass is 10.1. The monoisotopic (exact) mass is 461 g/mol. The van der Waals surface area contributed by atoms with Crippen LogP contribution in [0.1, 0.15) is 13.8 Å². The van der Waals surface area contributed by atoms with Gasteiger partial charge in [0.15, 0.2) is 0 Å². The predicted octanol–water partition coefficient (Wildman–Crippen LogP) is 6.17. The first kappa shape index (κ1) is 20.2. The molecule has 0 saturated carbocycles. The van der Waals surface area contributed by atoms with E-state index in [1.165, 1.54) is 0 Å². The topological polar surface area (TPSA) is 61.7 Å². The molecule has 0 fully saturated rings. The van der Waals surface area contributed by atoms with E-state index in [1.807, 2.05) is 13.8 Å². The Morgan fingerprint density at radius 1 is 1.25 bits per heavy atom. The smallest absolute Gasteiger partial charge is 0.256 e. The van der Waals surface area contributed by atoms with Crippen LogP contribution in [0.25, 0.3) is 27.7 Å². The largest absolute Gasteiger partial charge is 0.502 e. The van der Waals surface area contributed by atoms with Gasteiger partial charge in [0.2, 0.25) is 11.5 Å². The predicted molar refractivity (Wildman–Crippen MR) is 111 cm³/mol. The first-order chi connectivity index (χ1) is 13.5. The summed E-state index contributed by atoms with van der Waals surface area (Å²) in [6, 6.07) is 10.5. The fraction of sp³-hybridized carbons (Fsp3) is 0.250. The molecule has 8 heteroatoms. The Morgan fingerprint density at radius 2 is 2.07 bits per heavy atom. The summed E-state index contributed by atoms with van der Waals surface area (Å²) in [5, 5.41) is 5.20. The third-order valence-electron chi connectivity index (χ3n) is 3.64. The average molecular weight is 463 g/mol. The van der Waals surface area contributed by atoms with Crippen LogP contribution in [-0.2, 0) is 0 Å². The van der Waals surface area contributed by atoms with Crippen molar-refractivity contribution in [2.45, 2.75) is 20.0 Å². The van der Waals surface area contributed by atoms with Crippen molar-refractivity contribution in [3.63, 3.8) is 0 Å². The van der Waals surface area contributed by atoms with Crippen LogP contribution in [0.2, 0.25) is 5.02 Å². The van der Waals surface area contributed by atoms with E-state index < -0.39 is 0 Å². The summed E-state index contributed by atoms with van der Waals surface area (Å²) < 4.78 is 16.5. The Labute approximate surface area is 176 Å². The molecule has 0 radical (unpaired) electrons. The van der Waals surface area contributed by atoms with Crippen LogP contribution in [0, 0.1) is 6.57 Å². The van der Waals surface area contributed by atoms with E-state index in [4.69, 9.17) is 32.2 Å². The van der Waals surface area contributed by atoms with Crippen molar-refractivity contribution < 1.29 is 14.0 Å². The van der Waals surface area contributed by atoms with Crippen molar-refractivity contribution >= 4 is 33.2 Å². The van der Waals surface area contributed by atoms with Crippen LogP contribution in [0.4, 0.5) is 5.69 Å². The van der Waals surface area contributed by atoms with E-state index in [0.29, 0.717) is 51.7 Å². The summed E-state index contributed by atoms with van der Waals surface area (Å²) in [5.41, 5.74) is 1.65. The summed E-state index contributed by atoms with van der Waals surface area (Å²) in [4.78, 5) is 7.93. The average Bonchev–Trinajstić information content (AvgIpc) is 3.16. The van der Waals surface area contributed by atoms with Gasteiger partial charge in [-0.05, 0) is 50.2 Å². The summed E-state index contributed by atoms with van der Waals surface area (Å²) in [5.74, 6) is 1.85. The molecule has 0 N–H and O–H groups in total. The molecule has 2 aromatic carbocycles. The normalized spacial score (nSPS) is 10.7. The third kappa shape index (κ3) is 4.64. The number of aromatic nitrogens is 2. The second-order valence-electron chi connectivity index (χ2n) is 6.06. The number of hydrogen-bond donors (Lipinski definition) is 0. The number of halogens is 2. The van der Waals surface area contributed by atoms with Gasteiger partial charge in [-0.2, -0.15) is 4.98 Å². The van der Waals surface area contributed by atoms with Crippen molar-refractivity contribution in [2.24, 2.45) is 0 Å². The summed E-state index contributed by atoms with van der Waals surface area (Å²) >= 11 is 9.66. The second kappa shape index (κ2) is 9.09. The maximum atomic E-state index is 7.37. The lowest BCUT2D eigenvalue weighted by Crippen LogP contribution is -2.05. The molecule has 0 spiro atoms. The Kier molecular flexibility index (Phi) is 6.55. The highest BCUT2D eigenvalue weighted by Gasteiger charge is 2.16. The van der Waals surface area contributed by atoms with Gasteiger partial charge >= 0.3 is 0 Å². The molecule has 0 amide bonds. The molecule has 144 valence electrons. The van der Waals surface area contributed by atoms with Crippen LogP contribution in [-0.4, -0.2) is 28.2 Å². The molecular weight excluding hydrogens is 446 g/mol. The van der Waals surface area contributed by atoms with Crippen molar-refractivity contribution in [3.8, 4) is 34.3 Å². The van der Waals surface area contributed by atoms with Gasteiger partial charge in [0.1, 0.15) is 11.5 Å². The van der Waals surface area contributed by atoms with E-state index in [0.717, 1.165) is 5.33 Å². The zero-order valence-electron chi connectivity index (χ0n) is 15.3. The Hall–Kier alpha value is -2.56. The number of hydrogen-bond acceptors (Lipinski definition) is 5. The molecule has 0 aliphatic rings. The summed E-state index contributed by atoms with van der Waals surface area (Å²) in [6.45, 7) is 11.7. The van der Waals surface area contributed by atoms with Crippen molar-refractivity contribution in [1.29, 1.82) is 0 Å². The Morgan fingerprint density at radius 3 is 2.75 bits per heavy atom. The molecule has 0 unspecified atom stereocenters. The van der Waals surface area contributed by atoms with Gasteiger partial charge in [-0.3, -0.25) is 0 Å². The number of ether oxygens (including phenoxy) is 2. The molecule has 1 aromatic heterocycles. The van der Waals surface area contributed by atoms with Gasteiger partial charge in [-0.15, -0.1) is 0 Å². The van der Waals surface area contributed by atoms with Gasteiger partial charge in [0.25, 0.3) is 5.89 Å². The van der Waals surface area contributed by atoms with Crippen LogP contribution in [0.15, 0.2) is 40.9 Å². The molecule has 28 heavy (non-hydrogen) atoms. The van der Waals surface area contributed by atoms with Gasteiger partial charge in [0.05, 0.1) is 24.3 Å². The zero-order chi connectivity index (χ0) is 20.1. The summed E-state index contributed by atoms with van der Waals surface area (Å²) in [7, 11) is 0. The first-order valence-corrected chi connectivity index (χ1v) is 10.0. The van der Waals surface area contributed by atoms with E-state index in [2.05, 4.69) is 30.9 Å². The minimum atomic E-state index is -0.0232. The van der Waals surface area contributed by atoms with Gasteiger partial charge in [-0.25, -0.2) is 4.85 Å². The van der Waals surface area contributed by atoms with Crippen molar-refractivity contribution in [2.75, 3.05) is 11.9 Å². The number of benzene rings is 2. The highest BCUT2D eigenvalue weighted by Crippen LogP contribution is 2.35. The van der Waals surface area contributed by atoms with E-state index in [-0.39, 0.29) is 6.10 Å². The van der Waals surface area contributed by atoms with Crippen LogP contribution < -0.4 is 9.47 Å². The van der Waals surface area contributed by atoms with Gasteiger partial charge in [-0.1, -0.05) is 32.7 Å². The highest BCUT2D eigenvalue weighted by atomic mass is 79.9. The molecule has 0 saturated heterocycles. The molecule has 0 aliphatic heterocycles.